The number of benzene rings is 1. The molecule has 1 fully saturated rings. The van der Waals surface area contributed by atoms with Crippen molar-refractivity contribution < 1.29 is 4.74 Å². The number of para-hydroxylation sites is 2. The van der Waals surface area contributed by atoms with Gasteiger partial charge in [0.15, 0.2) is 0 Å². The van der Waals surface area contributed by atoms with Crippen LogP contribution in [0.2, 0.25) is 0 Å². The summed E-state index contributed by atoms with van der Waals surface area (Å²) in [6.07, 6.45) is 0.647. The molecule has 1 aliphatic heterocycles. The van der Waals surface area contributed by atoms with Crippen molar-refractivity contribution in [3.8, 4) is 5.75 Å². The lowest BCUT2D eigenvalue weighted by Gasteiger charge is -2.39. The van der Waals surface area contributed by atoms with Gasteiger partial charge in [0.05, 0.1) is 18.6 Å². The standard InChI is InChI=1S/C15H24N4O/c1-12(11-15(16)17)18-7-9-19(10-8-18)13-5-3-4-6-14(13)20-2/h3-6,12H,7-11H2,1-2H3,(H3,16,17). The van der Waals surface area contributed by atoms with Crippen LogP contribution in [0.25, 0.3) is 0 Å². The number of nitrogens with zero attached hydrogens (tertiary/aromatic N) is 2. The van der Waals surface area contributed by atoms with E-state index in [1.54, 1.807) is 7.11 Å². The molecule has 0 spiro atoms. The molecule has 3 N–H and O–H groups in total. The zero-order valence-corrected chi connectivity index (χ0v) is 12.3. The predicted molar refractivity (Wildman–Crippen MR) is 82.8 cm³/mol. The van der Waals surface area contributed by atoms with Crippen molar-refractivity contribution in [1.82, 2.24) is 4.90 Å². The van der Waals surface area contributed by atoms with Gasteiger partial charge in [0, 0.05) is 38.6 Å². The van der Waals surface area contributed by atoms with Gasteiger partial charge in [0.25, 0.3) is 0 Å². The molecule has 1 saturated heterocycles. The third kappa shape index (κ3) is 3.42. The van der Waals surface area contributed by atoms with E-state index in [-0.39, 0.29) is 5.84 Å². The topological polar surface area (TPSA) is 65.6 Å². The lowest BCUT2D eigenvalue weighted by atomic mass is 10.1. The molecule has 20 heavy (non-hydrogen) atoms. The highest BCUT2D eigenvalue weighted by Gasteiger charge is 2.22. The van der Waals surface area contributed by atoms with Crippen LogP contribution in [-0.2, 0) is 0 Å². The third-order valence-corrected chi connectivity index (χ3v) is 3.88. The molecule has 1 heterocycles. The first-order valence-corrected chi connectivity index (χ1v) is 7.06. The van der Waals surface area contributed by atoms with Gasteiger partial charge in [0.1, 0.15) is 5.75 Å². The van der Waals surface area contributed by atoms with E-state index >= 15 is 0 Å². The number of amidine groups is 1. The van der Waals surface area contributed by atoms with E-state index in [0.29, 0.717) is 12.5 Å². The quantitative estimate of drug-likeness (QED) is 0.632. The van der Waals surface area contributed by atoms with Crippen LogP contribution in [0.15, 0.2) is 24.3 Å². The summed E-state index contributed by atoms with van der Waals surface area (Å²) in [6, 6.07) is 8.48. The second-order valence-corrected chi connectivity index (χ2v) is 5.27. The number of piperazine rings is 1. The first-order chi connectivity index (χ1) is 9.61. The van der Waals surface area contributed by atoms with Crippen molar-refractivity contribution in [2.75, 3.05) is 38.2 Å². The largest absolute Gasteiger partial charge is 0.495 e. The minimum absolute atomic E-state index is 0.268. The van der Waals surface area contributed by atoms with E-state index in [1.807, 2.05) is 18.2 Å². The van der Waals surface area contributed by atoms with E-state index in [9.17, 15) is 0 Å². The monoisotopic (exact) mass is 276 g/mol. The molecule has 0 saturated carbocycles. The normalized spacial score (nSPS) is 17.8. The third-order valence-electron chi connectivity index (χ3n) is 3.88. The second-order valence-electron chi connectivity index (χ2n) is 5.27. The van der Waals surface area contributed by atoms with E-state index in [2.05, 4.69) is 22.8 Å². The molecule has 2 rings (SSSR count). The maximum atomic E-state index is 7.39. The zero-order valence-electron chi connectivity index (χ0n) is 12.3. The smallest absolute Gasteiger partial charge is 0.142 e. The van der Waals surface area contributed by atoms with Crippen LogP contribution in [0.1, 0.15) is 13.3 Å². The first kappa shape index (κ1) is 14.7. The first-order valence-electron chi connectivity index (χ1n) is 7.06. The van der Waals surface area contributed by atoms with Crippen LogP contribution in [-0.4, -0.2) is 50.1 Å². The van der Waals surface area contributed by atoms with Crippen LogP contribution in [0.5, 0.6) is 5.75 Å². The molecule has 1 atom stereocenters. The summed E-state index contributed by atoms with van der Waals surface area (Å²) >= 11 is 0. The Morgan fingerprint density at radius 1 is 1.30 bits per heavy atom. The van der Waals surface area contributed by atoms with Gasteiger partial charge in [-0.15, -0.1) is 0 Å². The van der Waals surface area contributed by atoms with Crippen molar-refractivity contribution in [2.45, 2.75) is 19.4 Å². The summed E-state index contributed by atoms with van der Waals surface area (Å²) < 4.78 is 5.43. The fourth-order valence-corrected chi connectivity index (χ4v) is 2.74. The summed E-state index contributed by atoms with van der Waals surface area (Å²) in [4.78, 5) is 4.75. The van der Waals surface area contributed by atoms with Gasteiger partial charge in [-0.2, -0.15) is 0 Å². The van der Waals surface area contributed by atoms with Crippen LogP contribution in [0.3, 0.4) is 0 Å². The van der Waals surface area contributed by atoms with Crippen molar-refractivity contribution in [1.29, 1.82) is 5.41 Å². The van der Waals surface area contributed by atoms with E-state index in [4.69, 9.17) is 15.9 Å². The van der Waals surface area contributed by atoms with Crippen LogP contribution < -0.4 is 15.4 Å². The van der Waals surface area contributed by atoms with Crippen molar-refractivity contribution in [3.05, 3.63) is 24.3 Å². The summed E-state index contributed by atoms with van der Waals surface area (Å²) in [7, 11) is 1.71. The Morgan fingerprint density at radius 3 is 2.55 bits per heavy atom. The molecule has 1 aliphatic rings. The maximum Gasteiger partial charge on any atom is 0.142 e. The van der Waals surface area contributed by atoms with Crippen molar-refractivity contribution >= 4 is 11.5 Å². The number of rotatable bonds is 5. The zero-order chi connectivity index (χ0) is 14.5. The van der Waals surface area contributed by atoms with Gasteiger partial charge in [-0.25, -0.2) is 0 Å². The number of methoxy groups -OCH3 is 1. The summed E-state index contributed by atoms with van der Waals surface area (Å²) in [5.74, 6) is 1.20. The van der Waals surface area contributed by atoms with Gasteiger partial charge in [-0.05, 0) is 19.1 Å². The summed E-state index contributed by atoms with van der Waals surface area (Å²) in [6.45, 7) is 6.07. The molecule has 5 heteroatoms. The van der Waals surface area contributed by atoms with Gasteiger partial charge in [0.2, 0.25) is 0 Å². The van der Waals surface area contributed by atoms with Crippen LogP contribution >= 0.6 is 0 Å². The lowest BCUT2D eigenvalue weighted by molar-refractivity contribution is 0.200. The average Bonchev–Trinajstić information content (AvgIpc) is 2.46. The van der Waals surface area contributed by atoms with Gasteiger partial charge in [-0.1, -0.05) is 12.1 Å². The number of hydrogen-bond donors (Lipinski definition) is 2. The number of anilines is 1. The molecule has 0 radical (unpaired) electrons. The minimum Gasteiger partial charge on any atom is -0.495 e. The Bertz CT molecular complexity index is 455. The Morgan fingerprint density at radius 2 is 1.95 bits per heavy atom. The average molecular weight is 276 g/mol. The van der Waals surface area contributed by atoms with E-state index < -0.39 is 0 Å². The Labute approximate surface area is 120 Å². The van der Waals surface area contributed by atoms with Crippen molar-refractivity contribution in [2.24, 2.45) is 5.73 Å². The van der Waals surface area contributed by atoms with Gasteiger partial charge >= 0.3 is 0 Å². The molecule has 5 nitrogen and oxygen atoms in total. The molecule has 0 amide bonds. The van der Waals surface area contributed by atoms with Crippen LogP contribution in [0, 0.1) is 5.41 Å². The fourth-order valence-electron chi connectivity index (χ4n) is 2.74. The lowest BCUT2D eigenvalue weighted by Crippen LogP contribution is -2.50. The van der Waals surface area contributed by atoms with E-state index in [0.717, 1.165) is 37.6 Å². The molecule has 0 aliphatic carbocycles. The Hall–Kier alpha value is -1.75. The Balaban J connectivity index is 1.95. The van der Waals surface area contributed by atoms with Crippen molar-refractivity contribution in [3.63, 3.8) is 0 Å². The predicted octanol–water partition coefficient (Wildman–Crippen LogP) is 1.53. The maximum absolute atomic E-state index is 7.39. The molecule has 1 aromatic carbocycles. The number of hydrogen-bond acceptors (Lipinski definition) is 4. The highest BCUT2D eigenvalue weighted by atomic mass is 16.5. The molecular formula is C15H24N4O. The highest BCUT2D eigenvalue weighted by molar-refractivity contribution is 5.77. The van der Waals surface area contributed by atoms with Crippen LogP contribution in [0.4, 0.5) is 5.69 Å². The van der Waals surface area contributed by atoms with E-state index in [1.165, 1.54) is 0 Å². The summed E-state index contributed by atoms with van der Waals surface area (Å²) in [5.41, 5.74) is 6.65. The number of nitrogens with two attached hydrogens (primary N) is 1. The molecule has 1 unspecified atom stereocenters. The Kier molecular flexibility index (Phi) is 4.84. The molecule has 1 aromatic rings. The number of ether oxygens (including phenoxy) is 1. The SMILES string of the molecule is COc1ccccc1N1CCN(C(C)CC(=N)N)CC1. The van der Waals surface area contributed by atoms with Gasteiger partial charge in [-0.3, -0.25) is 10.3 Å². The summed E-state index contributed by atoms with van der Waals surface area (Å²) in [5, 5.41) is 7.39. The fraction of sp³-hybridized carbons (Fsp3) is 0.533. The molecule has 0 aromatic heterocycles. The highest BCUT2D eigenvalue weighted by Crippen LogP contribution is 2.28. The molecule has 110 valence electrons. The minimum atomic E-state index is 0.268. The molecular weight excluding hydrogens is 252 g/mol. The van der Waals surface area contributed by atoms with Gasteiger partial charge < -0.3 is 15.4 Å². The second kappa shape index (κ2) is 6.61. The number of nitrogens with one attached hydrogen (secondary N) is 1. The molecule has 0 bridgehead atoms.